The maximum Gasteiger partial charge on any atom is 0.119 e. The third kappa shape index (κ3) is 2.81. The molecule has 0 saturated heterocycles. The molecule has 17 heavy (non-hydrogen) atoms. The van der Waals surface area contributed by atoms with E-state index < -0.39 is 0 Å². The van der Waals surface area contributed by atoms with Crippen LogP contribution in [0.1, 0.15) is 42.9 Å². The molecule has 0 bridgehead atoms. The highest BCUT2D eigenvalue weighted by atomic mass is 16.3. The molecule has 0 aromatic heterocycles. The fourth-order valence-electron chi connectivity index (χ4n) is 2.48. The molecule has 1 aromatic rings. The Balaban J connectivity index is 1.86. The van der Waals surface area contributed by atoms with E-state index in [0.717, 1.165) is 44.2 Å². The van der Waals surface area contributed by atoms with Crippen LogP contribution in [0.2, 0.25) is 0 Å². The van der Waals surface area contributed by atoms with Gasteiger partial charge in [-0.25, -0.2) is 0 Å². The predicted octanol–water partition coefficient (Wildman–Crippen LogP) is 2.77. The first-order valence-corrected chi connectivity index (χ1v) is 6.30. The van der Waals surface area contributed by atoms with Crippen LogP contribution in [0.3, 0.4) is 0 Å². The van der Waals surface area contributed by atoms with Gasteiger partial charge in [-0.1, -0.05) is 12.1 Å². The highest BCUT2D eigenvalue weighted by Crippen LogP contribution is 2.36. The van der Waals surface area contributed by atoms with Crippen molar-refractivity contribution in [2.75, 3.05) is 6.54 Å². The molecule has 90 valence electrons. The highest BCUT2D eigenvalue weighted by Gasteiger charge is 2.23. The van der Waals surface area contributed by atoms with Crippen LogP contribution in [-0.2, 0) is 6.42 Å². The lowest BCUT2D eigenvalue weighted by molar-refractivity contribution is 0.469. The van der Waals surface area contributed by atoms with Crippen LogP contribution < -0.4 is 5.32 Å². The third-order valence-electron chi connectivity index (χ3n) is 3.38. The van der Waals surface area contributed by atoms with Gasteiger partial charge in [0, 0.05) is 12.5 Å². The number of hydrogen-bond donors (Lipinski definition) is 2. The molecule has 1 atom stereocenters. The lowest BCUT2D eigenvalue weighted by Crippen LogP contribution is -2.20. The Bertz CT molecular complexity index is 419. The summed E-state index contributed by atoms with van der Waals surface area (Å²) >= 11 is 0. The van der Waals surface area contributed by atoms with Gasteiger partial charge >= 0.3 is 0 Å². The highest BCUT2D eigenvalue weighted by molar-refractivity contribution is 5.44. The lowest BCUT2D eigenvalue weighted by Gasteiger charge is -2.13. The summed E-state index contributed by atoms with van der Waals surface area (Å²) in [6.45, 7) is 1.00. The average molecular weight is 229 g/mol. The van der Waals surface area contributed by atoms with Gasteiger partial charge in [0.25, 0.3) is 0 Å². The van der Waals surface area contributed by atoms with E-state index in [1.165, 1.54) is 5.56 Å². The number of benzene rings is 1. The first kappa shape index (κ1) is 12.0. The largest absolute Gasteiger partial charge is 0.508 e. The van der Waals surface area contributed by atoms with Gasteiger partial charge < -0.3 is 10.4 Å². The Morgan fingerprint density at radius 1 is 1.41 bits per heavy atom. The van der Waals surface area contributed by atoms with Gasteiger partial charge in [0.05, 0.1) is 0 Å². The Hall–Kier alpha value is -1.46. The zero-order valence-corrected chi connectivity index (χ0v) is 10.1. The van der Waals surface area contributed by atoms with Gasteiger partial charge in [0.2, 0.25) is 0 Å². The molecule has 0 aliphatic heterocycles. The zero-order chi connectivity index (χ0) is 12.1. The number of fused-ring (bicyclic) bond motifs is 1. The first-order chi connectivity index (χ1) is 8.33. The summed E-state index contributed by atoms with van der Waals surface area (Å²) in [6, 6.07) is 6.21. The summed E-state index contributed by atoms with van der Waals surface area (Å²) < 4.78 is 0. The summed E-state index contributed by atoms with van der Waals surface area (Å²) in [5.41, 5.74) is 2.38. The summed E-state index contributed by atoms with van der Waals surface area (Å²) in [4.78, 5) is 0. The van der Waals surface area contributed by atoms with Crippen molar-refractivity contribution in [3.05, 3.63) is 29.3 Å². The molecular weight excluding hydrogens is 210 g/mol. The molecule has 1 unspecified atom stereocenters. The summed E-state index contributed by atoms with van der Waals surface area (Å²) in [5, 5.41) is 13.3. The molecule has 2 N–H and O–H groups in total. The summed E-state index contributed by atoms with van der Waals surface area (Å²) in [5.74, 6) is 3.10. The molecule has 0 heterocycles. The van der Waals surface area contributed by atoms with Crippen LogP contribution in [-0.4, -0.2) is 11.7 Å². The van der Waals surface area contributed by atoms with Crippen LogP contribution >= 0.6 is 0 Å². The van der Waals surface area contributed by atoms with Gasteiger partial charge in [0.1, 0.15) is 5.75 Å². The molecule has 2 rings (SSSR count). The van der Waals surface area contributed by atoms with Crippen LogP contribution in [0.25, 0.3) is 0 Å². The monoisotopic (exact) mass is 229 g/mol. The van der Waals surface area contributed by atoms with Crippen LogP contribution in [0.15, 0.2) is 18.2 Å². The molecule has 0 amide bonds. The Morgan fingerprint density at radius 2 is 2.29 bits per heavy atom. The quantitative estimate of drug-likeness (QED) is 0.601. The van der Waals surface area contributed by atoms with Crippen molar-refractivity contribution in [2.24, 2.45) is 0 Å². The van der Waals surface area contributed by atoms with Crippen LogP contribution in [0.5, 0.6) is 5.75 Å². The van der Waals surface area contributed by atoms with Gasteiger partial charge in [0.15, 0.2) is 0 Å². The molecule has 2 nitrogen and oxygen atoms in total. The third-order valence-corrected chi connectivity index (χ3v) is 3.38. The number of phenolic OH excluding ortho intramolecular Hbond substituents is 1. The van der Waals surface area contributed by atoms with Crippen molar-refractivity contribution in [1.29, 1.82) is 0 Å². The molecule has 1 aliphatic carbocycles. The van der Waals surface area contributed by atoms with Crippen molar-refractivity contribution in [2.45, 2.75) is 38.1 Å². The Kier molecular flexibility index (Phi) is 4.06. The first-order valence-electron chi connectivity index (χ1n) is 6.30. The Labute approximate surface area is 103 Å². The normalized spacial score (nSPS) is 17.7. The van der Waals surface area contributed by atoms with Crippen LogP contribution in [0.4, 0.5) is 0 Å². The lowest BCUT2D eigenvalue weighted by atomic mass is 10.1. The summed E-state index contributed by atoms with van der Waals surface area (Å²) in [6.07, 6.45) is 10.3. The van der Waals surface area contributed by atoms with E-state index in [9.17, 15) is 5.11 Å². The fourth-order valence-corrected chi connectivity index (χ4v) is 2.48. The molecule has 0 spiro atoms. The van der Waals surface area contributed by atoms with E-state index in [1.54, 1.807) is 6.07 Å². The van der Waals surface area contributed by atoms with Crippen molar-refractivity contribution in [3.63, 3.8) is 0 Å². The topological polar surface area (TPSA) is 32.3 Å². The molecule has 1 aliphatic rings. The number of phenols is 1. The van der Waals surface area contributed by atoms with Crippen molar-refractivity contribution >= 4 is 0 Å². The second kappa shape index (κ2) is 5.75. The van der Waals surface area contributed by atoms with Gasteiger partial charge in [-0.15, -0.1) is 12.3 Å². The van der Waals surface area contributed by atoms with E-state index in [0.29, 0.717) is 11.8 Å². The van der Waals surface area contributed by atoms with E-state index in [-0.39, 0.29) is 0 Å². The minimum atomic E-state index is 0.405. The molecular formula is C15H19NO. The van der Waals surface area contributed by atoms with Crippen molar-refractivity contribution in [1.82, 2.24) is 5.32 Å². The second-order valence-corrected chi connectivity index (χ2v) is 4.55. The van der Waals surface area contributed by atoms with Crippen molar-refractivity contribution in [3.8, 4) is 18.1 Å². The SMILES string of the molecule is C#CCCCCNC1CCc2c(O)cccc21. The second-order valence-electron chi connectivity index (χ2n) is 4.55. The average Bonchev–Trinajstić information content (AvgIpc) is 2.74. The number of rotatable bonds is 5. The maximum absolute atomic E-state index is 9.74. The zero-order valence-electron chi connectivity index (χ0n) is 10.1. The molecule has 0 saturated carbocycles. The van der Waals surface area contributed by atoms with Crippen molar-refractivity contribution < 1.29 is 5.11 Å². The Morgan fingerprint density at radius 3 is 3.12 bits per heavy atom. The van der Waals surface area contributed by atoms with E-state index in [4.69, 9.17) is 6.42 Å². The predicted molar refractivity (Wildman–Crippen MR) is 69.9 cm³/mol. The molecule has 0 radical (unpaired) electrons. The number of hydrogen-bond acceptors (Lipinski definition) is 2. The molecule has 1 aromatic carbocycles. The number of unbranched alkanes of at least 4 members (excludes halogenated alkanes) is 2. The smallest absolute Gasteiger partial charge is 0.119 e. The standard InChI is InChI=1S/C15H19NO/c1-2-3-4-5-11-16-14-10-9-13-12(14)7-6-8-15(13)17/h1,6-8,14,16-17H,3-5,9-11H2. The van der Waals surface area contributed by atoms with Gasteiger partial charge in [-0.05, 0) is 49.4 Å². The fraction of sp³-hybridized carbons (Fsp3) is 0.467. The van der Waals surface area contributed by atoms with E-state index in [2.05, 4.69) is 17.3 Å². The van der Waals surface area contributed by atoms with E-state index >= 15 is 0 Å². The minimum Gasteiger partial charge on any atom is -0.508 e. The minimum absolute atomic E-state index is 0.405. The van der Waals surface area contributed by atoms with Gasteiger partial charge in [-0.2, -0.15) is 0 Å². The summed E-state index contributed by atoms with van der Waals surface area (Å²) in [7, 11) is 0. The van der Waals surface area contributed by atoms with Gasteiger partial charge in [-0.3, -0.25) is 0 Å². The maximum atomic E-state index is 9.74. The number of terminal acetylenes is 1. The molecule has 0 fully saturated rings. The van der Waals surface area contributed by atoms with E-state index in [1.807, 2.05) is 6.07 Å². The molecule has 2 heteroatoms. The number of aromatic hydroxyl groups is 1. The van der Waals surface area contributed by atoms with Crippen LogP contribution in [0, 0.1) is 12.3 Å². The number of nitrogens with one attached hydrogen (secondary N) is 1.